The number of rotatable bonds is 8. The molecule has 0 aliphatic carbocycles. The zero-order valence-electron chi connectivity index (χ0n) is 17.1. The van der Waals surface area contributed by atoms with E-state index in [-0.39, 0.29) is 4.90 Å². The lowest BCUT2D eigenvalue weighted by Gasteiger charge is -2.18. The van der Waals surface area contributed by atoms with Crippen molar-refractivity contribution in [2.75, 3.05) is 13.1 Å². The van der Waals surface area contributed by atoms with Crippen LogP contribution >= 0.6 is 11.8 Å². The molecule has 0 atom stereocenters. The molecule has 3 aromatic rings. The molecule has 156 valence electrons. The average molecular weight is 442 g/mol. The van der Waals surface area contributed by atoms with Crippen LogP contribution < -0.4 is 0 Å². The van der Waals surface area contributed by atoms with Crippen LogP contribution in [0.2, 0.25) is 0 Å². The van der Waals surface area contributed by atoms with Crippen molar-refractivity contribution in [1.82, 2.24) is 19.1 Å². The molecule has 3 rings (SSSR count). The van der Waals surface area contributed by atoms with Gasteiger partial charge >= 0.3 is 0 Å². The Kier molecular flexibility index (Phi) is 6.92. The second-order valence-electron chi connectivity index (χ2n) is 6.58. The maximum atomic E-state index is 12.8. The van der Waals surface area contributed by atoms with E-state index in [0.29, 0.717) is 35.8 Å². The smallest absolute Gasteiger partial charge is 0.243 e. The minimum Gasteiger partial charge on any atom is -0.305 e. The van der Waals surface area contributed by atoms with Gasteiger partial charge in [0, 0.05) is 31.5 Å². The van der Waals surface area contributed by atoms with Crippen LogP contribution in [0.1, 0.15) is 25.0 Å². The van der Waals surface area contributed by atoms with Gasteiger partial charge in [-0.3, -0.25) is 0 Å². The van der Waals surface area contributed by atoms with Gasteiger partial charge in [-0.25, -0.2) is 8.42 Å². The van der Waals surface area contributed by atoms with Crippen molar-refractivity contribution in [3.05, 3.63) is 59.7 Å². The molecule has 0 amide bonds. The van der Waals surface area contributed by atoms with Gasteiger partial charge in [0.25, 0.3) is 0 Å². The quantitative estimate of drug-likeness (QED) is 0.495. The molecule has 0 spiro atoms. The molecule has 30 heavy (non-hydrogen) atoms. The number of nitriles is 1. The van der Waals surface area contributed by atoms with Crippen LogP contribution in [0.25, 0.3) is 11.4 Å². The van der Waals surface area contributed by atoms with Crippen molar-refractivity contribution in [3.8, 4) is 17.5 Å². The van der Waals surface area contributed by atoms with E-state index < -0.39 is 10.0 Å². The molecule has 0 N–H and O–H groups in total. The second kappa shape index (κ2) is 9.43. The second-order valence-corrected chi connectivity index (χ2v) is 9.46. The lowest BCUT2D eigenvalue weighted by atomic mass is 10.2. The number of hydrogen-bond donors (Lipinski definition) is 0. The van der Waals surface area contributed by atoms with E-state index >= 15 is 0 Å². The summed E-state index contributed by atoms with van der Waals surface area (Å²) in [7, 11) is -1.68. The SMILES string of the molecule is CCN(CC)S(=O)(=O)c1cccc(-c2nnc(SCc3ccc(C#N)cc3)n2C)c1. The minimum absolute atomic E-state index is 0.249. The maximum absolute atomic E-state index is 12.8. The number of nitrogens with zero attached hydrogens (tertiary/aromatic N) is 5. The van der Waals surface area contributed by atoms with Crippen molar-refractivity contribution < 1.29 is 8.42 Å². The summed E-state index contributed by atoms with van der Waals surface area (Å²) < 4.78 is 29.0. The first kappa shape index (κ1) is 22.0. The molecular formula is C21H23N5O2S2. The van der Waals surface area contributed by atoms with E-state index in [1.807, 2.05) is 43.7 Å². The number of thioether (sulfide) groups is 1. The molecule has 0 bridgehead atoms. The predicted molar refractivity (Wildman–Crippen MR) is 117 cm³/mol. The molecule has 0 fully saturated rings. The Morgan fingerprint density at radius 2 is 1.80 bits per heavy atom. The van der Waals surface area contributed by atoms with Gasteiger partial charge in [0.15, 0.2) is 11.0 Å². The molecule has 0 aliphatic heterocycles. The molecule has 0 radical (unpaired) electrons. The Morgan fingerprint density at radius 1 is 1.10 bits per heavy atom. The Hall–Kier alpha value is -2.67. The van der Waals surface area contributed by atoms with Crippen molar-refractivity contribution in [2.45, 2.75) is 29.7 Å². The lowest BCUT2D eigenvalue weighted by Crippen LogP contribution is -2.30. The molecule has 0 saturated carbocycles. The van der Waals surface area contributed by atoms with E-state index in [1.54, 1.807) is 30.3 Å². The molecule has 1 aromatic heterocycles. The van der Waals surface area contributed by atoms with Crippen LogP contribution in [-0.4, -0.2) is 40.6 Å². The highest BCUT2D eigenvalue weighted by molar-refractivity contribution is 7.98. The van der Waals surface area contributed by atoms with Gasteiger partial charge in [-0.1, -0.05) is 49.9 Å². The summed E-state index contributed by atoms with van der Waals surface area (Å²) in [5, 5.41) is 18.2. The molecule has 7 nitrogen and oxygen atoms in total. The minimum atomic E-state index is -3.54. The Labute approximate surface area is 181 Å². The van der Waals surface area contributed by atoms with Gasteiger partial charge in [0.1, 0.15) is 0 Å². The van der Waals surface area contributed by atoms with Crippen LogP contribution in [0.5, 0.6) is 0 Å². The van der Waals surface area contributed by atoms with Gasteiger partial charge in [-0.2, -0.15) is 9.57 Å². The van der Waals surface area contributed by atoms with Crippen LogP contribution in [0.4, 0.5) is 0 Å². The molecule has 9 heteroatoms. The fourth-order valence-corrected chi connectivity index (χ4v) is 5.39. The summed E-state index contributed by atoms with van der Waals surface area (Å²) in [5.41, 5.74) is 2.41. The van der Waals surface area contributed by atoms with E-state index in [2.05, 4.69) is 16.3 Å². The Balaban J connectivity index is 1.82. The Morgan fingerprint density at radius 3 is 2.43 bits per heavy atom. The number of aromatic nitrogens is 3. The van der Waals surface area contributed by atoms with Gasteiger partial charge in [0.05, 0.1) is 16.5 Å². The zero-order valence-corrected chi connectivity index (χ0v) is 18.7. The zero-order chi connectivity index (χ0) is 21.7. The first-order valence-electron chi connectivity index (χ1n) is 9.52. The number of sulfonamides is 1. The first-order valence-corrected chi connectivity index (χ1v) is 11.9. The summed E-state index contributed by atoms with van der Waals surface area (Å²) in [6, 6.07) is 16.3. The fraction of sp³-hybridized carbons (Fsp3) is 0.286. The van der Waals surface area contributed by atoms with E-state index in [4.69, 9.17) is 5.26 Å². The standard InChI is InChI=1S/C21H23N5O2S2/c1-4-26(5-2)30(27,28)19-8-6-7-18(13-19)20-23-24-21(25(20)3)29-15-17-11-9-16(14-22)10-12-17/h6-13H,4-5,15H2,1-3H3. The van der Waals surface area contributed by atoms with E-state index in [1.165, 1.54) is 16.1 Å². The fourth-order valence-electron chi connectivity index (χ4n) is 3.02. The van der Waals surface area contributed by atoms with Crippen molar-refractivity contribution >= 4 is 21.8 Å². The molecule has 0 saturated heterocycles. The first-order chi connectivity index (χ1) is 14.4. The van der Waals surface area contributed by atoms with E-state index in [0.717, 1.165) is 10.7 Å². The van der Waals surface area contributed by atoms with Gasteiger partial charge in [-0.05, 0) is 29.8 Å². The molecule has 1 heterocycles. The average Bonchev–Trinajstić information content (AvgIpc) is 3.13. The summed E-state index contributed by atoms with van der Waals surface area (Å²) in [6.07, 6.45) is 0. The molecule has 0 aliphatic rings. The Bertz CT molecular complexity index is 1160. The van der Waals surface area contributed by atoms with Gasteiger partial charge < -0.3 is 4.57 Å². The van der Waals surface area contributed by atoms with Crippen molar-refractivity contribution in [3.63, 3.8) is 0 Å². The largest absolute Gasteiger partial charge is 0.305 e. The third-order valence-electron chi connectivity index (χ3n) is 4.72. The van der Waals surface area contributed by atoms with Gasteiger partial charge in [-0.15, -0.1) is 10.2 Å². The van der Waals surface area contributed by atoms with Crippen LogP contribution in [0.3, 0.4) is 0 Å². The summed E-state index contributed by atoms with van der Waals surface area (Å²) in [6.45, 7) is 4.49. The number of hydrogen-bond acceptors (Lipinski definition) is 6. The monoisotopic (exact) mass is 441 g/mol. The normalized spacial score (nSPS) is 11.6. The van der Waals surface area contributed by atoms with Crippen molar-refractivity contribution in [1.29, 1.82) is 5.26 Å². The topological polar surface area (TPSA) is 91.9 Å². The predicted octanol–water partition coefficient (Wildman–Crippen LogP) is 3.68. The molecule has 2 aromatic carbocycles. The van der Waals surface area contributed by atoms with E-state index in [9.17, 15) is 8.42 Å². The molecule has 0 unspecified atom stereocenters. The highest BCUT2D eigenvalue weighted by Gasteiger charge is 2.22. The van der Waals surface area contributed by atoms with Crippen LogP contribution in [0.15, 0.2) is 58.6 Å². The molecular weight excluding hydrogens is 418 g/mol. The third-order valence-corrected chi connectivity index (χ3v) is 7.86. The third kappa shape index (κ3) is 4.56. The maximum Gasteiger partial charge on any atom is 0.243 e. The highest BCUT2D eigenvalue weighted by Crippen LogP contribution is 2.27. The highest BCUT2D eigenvalue weighted by atomic mass is 32.2. The van der Waals surface area contributed by atoms with Gasteiger partial charge in [0.2, 0.25) is 10.0 Å². The lowest BCUT2D eigenvalue weighted by molar-refractivity contribution is 0.445. The van der Waals surface area contributed by atoms with Crippen molar-refractivity contribution in [2.24, 2.45) is 7.05 Å². The summed E-state index contributed by atoms with van der Waals surface area (Å²) >= 11 is 1.53. The summed E-state index contributed by atoms with van der Waals surface area (Å²) in [5.74, 6) is 1.29. The van der Waals surface area contributed by atoms with Crippen LogP contribution in [-0.2, 0) is 22.8 Å². The van der Waals surface area contributed by atoms with Crippen LogP contribution in [0, 0.1) is 11.3 Å². The number of benzene rings is 2. The summed E-state index contributed by atoms with van der Waals surface area (Å²) in [4.78, 5) is 0.249.